The number of hydrogen-bond acceptors (Lipinski definition) is 5. The van der Waals surface area contributed by atoms with Gasteiger partial charge in [-0.1, -0.05) is 18.2 Å². The van der Waals surface area contributed by atoms with Crippen molar-refractivity contribution in [1.82, 2.24) is 20.6 Å². The fourth-order valence-corrected chi connectivity index (χ4v) is 2.60. The number of hydrazine groups is 1. The Morgan fingerprint density at radius 1 is 1.00 bits per heavy atom. The average molecular weight is 366 g/mol. The molecule has 0 spiro atoms. The lowest BCUT2D eigenvalue weighted by molar-refractivity contribution is 0.0843. The summed E-state index contributed by atoms with van der Waals surface area (Å²) in [5, 5.41) is 4.93. The van der Waals surface area contributed by atoms with Crippen LogP contribution in [0.3, 0.4) is 0 Å². The van der Waals surface area contributed by atoms with E-state index in [1.807, 2.05) is 0 Å². The average Bonchev–Trinajstić information content (AvgIpc) is 2.72. The minimum atomic E-state index is -0.615. The van der Waals surface area contributed by atoms with Crippen LogP contribution in [0.25, 0.3) is 10.8 Å². The van der Waals surface area contributed by atoms with Gasteiger partial charge in [-0.3, -0.25) is 25.2 Å². The molecule has 1 aromatic heterocycles. The quantitative estimate of drug-likeness (QED) is 0.681. The van der Waals surface area contributed by atoms with E-state index < -0.39 is 11.8 Å². The van der Waals surface area contributed by atoms with Crippen LogP contribution in [0, 0.1) is 0 Å². The Labute approximate surface area is 154 Å². The van der Waals surface area contributed by atoms with E-state index in [0.717, 1.165) is 0 Å². The molecular formula is C19H18N4O4. The highest BCUT2D eigenvalue weighted by Gasteiger charge is 2.17. The number of carbonyl (C=O) groups excluding carboxylic acids is 2. The minimum absolute atomic E-state index is 0.0575. The summed E-state index contributed by atoms with van der Waals surface area (Å²) in [6, 6.07) is 13.1. The number of carbonyl (C=O) groups is 2. The number of benzene rings is 2. The van der Waals surface area contributed by atoms with E-state index >= 15 is 0 Å². The molecule has 3 aromatic rings. The Morgan fingerprint density at radius 2 is 1.63 bits per heavy atom. The third kappa shape index (κ3) is 3.64. The van der Waals surface area contributed by atoms with Crippen LogP contribution in [-0.4, -0.2) is 28.7 Å². The zero-order valence-corrected chi connectivity index (χ0v) is 14.9. The molecule has 0 saturated carbocycles. The fourth-order valence-electron chi connectivity index (χ4n) is 2.60. The van der Waals surface area contributed by atoms with Gasteiger partial charge in [-0.15, -0.1) is 0 Å². The SMILES string of the molecule is CCn1nc(C(=O)NNC(=O)c2ccc(OC)cc2)c2ccccc2c1=O. The maximum absolute atomic E-state index is 12.6. The molecule has 138 valence electrons. The standard InChI is InChI=1S/C19H18N4O4/c1-3-23-19(26)15-7-5-4-6-14(15)16(22-23)18(25)21-20-17(24)12-8-10-13(27-2)11-9-12/h4-11H,3H2,1-2H3,(H,20,24)(H,21,25). The molecule has 27 heavy (non-hydrogen) atoms. The van der Waals surface area contributed by atoms with Crippen molar-refractivity contribution < 1.29 is 14.3 Å². The predicted molar refractivity (Wildman–Crippen MR) is 99.6 cm³/mol. The second-order valence-corrected chi connectivity index (χ2v) is 5.65. The van der Waals surface area contributed by atoms with Gasteiger partial charge >= 0.3 is 0 Å². The van der Waals surface area contributed by atoms with Crippen molar-refractivity contribution in [3.8, 4) is 5.75 Å². The lowest BCUT2D eigenvalue weighted by Gasteiger charge is -2.11. The van der Waals surface area contributed by atoms with Crippen molar-refractivity contribution in [2.24, 2.45) is 0 Å². The van der Waals surface area contributed by atoms with Crippen LogP contribution in [0.1, 0.15) is 27.8 Å². The first-order chi connectivity index (χ1) is 13.0. The maximum atomic E-state index is 12.6. The first-order valence-electron chi connectivity index (χ1n) is 8.29. The van der Waals surface area contributed by atoms with Gasteiger partial charge in [0.1, 0.15) is 5.75 Å². The molecule has 0 aliphatic rings. The molecule has 0 aliphatic carbocycles. The third-order valence-corrected chi connectivity index (χ3v) is 4.02. The minimum Gasteiger partial charge on any atom is -0.497 e. The van der Waals surface area contributed by atoms with Crippen LogP contribution in [0.2, 0.25) is 0 Å². The van der Waals surface area contributed by atoms with E-state index in [4.69, 9.17) is 4.74 Å². The van der Waals surface area contributed by atoms with Gasteiger partial charge in [0.25, 0.3) is 17.4 Å². The number of fused-ring (bicyclic) bond motifs is 1. The molecule has 8 nitrogen and oxygen atoms in total. The smallest absolute Gasteiger partial charge is 0.290 e. The molecule has 8 heteroatoms. The molecule has 0 saturated heterocycles. The van der Waals surface area contributed by atoms with Crippen LogP contribution in [0.5, 0.6) is 5.75 Å². The Morgan fingerprint density at radius 3 is 2.26 bits per heavy atom. The lowest BCUT2D eigenvalue weighted by atomic mass is 10.1. The summed E-state index contributed by atoms with van der Waals surface area (Å²) in [5.41, 5.74) is 4.83. The number of nitrogens with one attached hydrogen (secondary N) is 2. The molecule has 2 N–H and O–H groups in total. The highest BCUT2D eigenvalue weighted by molar-refractivity contribution is 6.06. The maximum Gasteiger partial charge on any atom is 0.290 e. The number of nitrogens with zero attached hydrogens (tertiary/aromatic N) is 2. The molecule has 0 atom stereocenters. The Kier molecular flexibility index (Phi) is 5.16. The highest BCUT2D eigenvalue weighted by atomic mass is 16.5. The van der Waals surface area contributed by atoms with Crippen LogP contribution >= 0.6 is 0 Å². The molecule has 3 rings (SSSR count). The molecule has 2 amide bonds. The molecule has 0 radical (unpaired) electrons. The Hall–Kier alpha value is -3.68. The van der Waals surface area contributed by atoms with Crippen molar-refractivity contribution in [2.45, 2.75) is 13.5 Å². The van der Waals surface area contributed by atoms with Crippen molar-refractivity contribution in [3.63, 3.8) is 0 Å². The summed E-state index contributed by atoms with van der Waals surface area (Å²) in [6.45, 7) is 2.08. The monoisotopic (exact) mass is 366 g/mol. The van der Waals surface area contributed by atoms with E-state index in [1.165, 1.54) is 11.8 Å². The van der Waals surface area contributed by atoms with Crippen molar-refractivity contribution >= 4 is 22.6 Å². The van der Waals surface area contributed by atoms with Crippen LogP contribution < -0.4 is 21.1 Å². The van der Waals surface area contributed by atoms with E-state index in [0.29, 0.717) is 28.6 Å². The largest absolute Gasteiger partial charge is 0.497 e. The number of aryl methyl sites for hydroxylation is 1. The molecule has 0 bridgehead atoms. The summed E-state index contributed by atoms with van der Waals surface area (Å²) < 4.78 is 6.25. The van der Waals surface area contributed by atoms with Gasteiger partial charge in [-0.25, -0.2) is 4.68 Å². The van der Waals surface area contributed by atoms with E-state index in [9.17, 15) is 14.4 Å². The normalized spacial score (nSPS) is 10.4. The van der Waals surface area contributed by atoms with Crippen LogP contribution in [0.15, 0.2) is 53.3 Å². The summed E-state index contributed by atoms with van der Waals surface area (Å²) in [5.74, 6) is -0.484. The predicted octanol–water partition coefficient (Wildman–Crippen LogP) is 1.50. The molecular weight excluding hydrogens is 348 g/mol. The molecule has 0 aliphatic heterocycles. The fraction of sp³-hybridized carbons (Fsp3) is 0.158. The van der Waals surface area contributed by atoms with Crippen molar-refractivity contribution in [2.75, 3.05) is 7.11 Å². The summed E-state index contributed by atoms with van der Waals surface area (Å²) >= 11 is 0. The van der Waals surface area contributed by atoms with Crippen molar-refractivity contribution in [1.29, 1.82) is 0 Å². The van der Waals surface area contributed by atoms with Gasteiger partial charge in [0.05, 0.1) is 12.5 Å². The Bertz CT molecular complexity index is 1060. The van der Waals surface area contributed by atoms with E-state index in [1.54, 1.807) is 55.5 Å². The lowest BCUT2D eigenvalue weighted by Crippen LogP contribution is -2.42. The van der Waals surface area contributed by atoms with Gasteiger partial charge in [0.2, 0.25) is 0 Å². The second-order valence-electron chi connectivity index (χ2n) is 5.65. The number of amides is 2. The zero-order chi connectivity index (χ0) is 19.4. The third-order valence-electron chi connectivity index (χ3n) is 4.02. The summed E-state index contributed by atoms with van der Waals surface area (Å²) in [6.07, 6.45) is 0. The van der Waals surface area contributed by atoms with Crippen LogP contribution in [0.4, 0.5) is 0 Å². The number of rotatable bonds is 4. The van der Waals surface area contributed by atoms with Gasteiger partial charge < -0.3 is 4.74 Å². The number of methoxy groups -OCH3 is 1. The van der Waals surface area contributed by atoms with Gasteiger partial charge in [0, 0.05) is 17.5 Å². The first kappa shape index (κ1) is 18.1. The van der Waals surface area contributed by atoms with Gasteiger partial charge in [0.15, 0.2) is 5.69 Å². The van der Waals surface area contributed by atoms with Gasteiger partial charge in [-0.05, 0) is 37.3 Å². The molecule has 2 aromatic carbocycles. The summed E-state index contributed by atoms with van der Waals surface area (Å²) in [4.78, 5) is 37.1. The second kappa shape index (κ2) is 7.69. The number of hydrogen-bond donors (Lipinski definition) is 2. The molecule has 1 heterocycles. The molecule has 0 unspecified atom stereocenters. The zero-order valence-electron chi connectivity index (χ0n) is 14.9. The van der Waals surface area contributed by atoms with E-state index in [2.05, 4.69) is 16.0 Å². The topological polar surface area (TPSA) is 102 Å². The highest BCUT2D eigenvalue weighted by Crippen LogP contribution is 2.13. The molecule has 0 fully saturated rings. The van der Waals surface area contributed by atoms with Crippen molar-refractivity contribution in [3.05, 3.63) is 70.1 Å². The van der Waals surface area contributed by atoms with Gasteiger partial charge in [-0.2, -0.15) is 5.10 Å². The first-order valence-corrected chi connectivity index (χ1v) is 8.29. The van der Waals surface area contributed by atoms with E-state index in [-0.39, 0.29) is 11.3 Å². The van der Waals surface area contributed by atoms with Crippen LogP contribution in [-0.2, 0) is 6.54 Å². The Balaban J connectivity index is 1.83. The summed E-state index contributed by atoms with van der Waals surface area (Å²) in [7, 11) is 1.53. The number of aromatic nitrogens is 2. The number of ether oxygens (including phenoxy) is 1.